The minimum absolute atomic E-state index is 1.01. The van der Waals surface area contributed by atoms with Crippen molar-refractivity contribution < 1.29 is 0 Å². The molecule has 0 atom stereocenters. The molecule has 3 rings (SSSR count). The minimum atomic E-state index is 1.01. The molecule has 0 spiro atoms. The number of nitrogens with zero attached hydrogens (tertiary/aromatic N) is 1. The summed E-state index contributed by atoms with van der Waals surface area (Å²) in [6, 6.07) is 28.1. The molecular weight excluding hydrogens is 350 g/mol. The zero-order valence-electron chi connectivity index (χ0n) is 19.9. The Labute approximate surface area is 180 Å². The maximum atomic E-state index is 2.41. The highest BCUT2D eigenvalue weighted by Gasteiger charge is 2.11. The summed E-state index contributed by atoms with van der Waals surface area (Å²) >= 11 is 0. The fourth-order valence-corrected chi connectivity index (χ4v) is 3.04. The van der Waals surface area contributed by atoms with Crippen LogP contribution in [0, 0.1) is 0 Å². The SMILES string of the molecule is CC.CC.CC.CCN(CC)c1ccc(-c2ccccc2)cc1-c1ccccc1. The van der Waals surface area contributed by atoms with Crippen LogP contribution in [0.25, 0.3) is 22.3 Å². The highest BCUT2D eigenvalue weighted by molar-refractivity contribution is 5.83. The van der Waals surface area contributed by atoms with Crippen molar-refractivity contribution in [2.75, 3.05) is 18.0 Å². The van der Waals surface area contributed by atoms with E-state index >= 15 is 0 Å². The molecule has 1 nitrogen and oxygen atoms in total. The quantitative estimate of drug-likeness (QED) is 0.419. The molecule has 1 heteroatoms. The molecule has 0 heterocycles. The number of anilines is 1. The van der Waals surface area contributed by atoms with Crippen molar-refractivity contribution in [3.05, 3.63) is 78.9 Å². The fourth-order valence-electron chi connectivity index (χ4n) is 3.04. The Morgan fingerprint density at radius 3 is 1.41 bits per heavy atom. The number of rotatable bonds is 5. The van der Waals surface area contributed by atoms with Crippen molar-refractivity contribution in [2.24, 2.45) is 0 Å². The number of benzene rings is 3. The van der Waals surface area contributed by atoms with Crippen LogP contribution < -0.4 is 4.90 Å². The molecule has 0 N–H and O–H groups in total. The van der Waals surface area contributed by atoms with Gasteiger partial charge in [-0.25, -0.2) is 0 Å². The molecule has 3 aromatic carbocycles. The third kappa shape index (κ3) is 7.77. The minimum Gasteiger partial charge on any atom is -0.372 e. The molecule has 0 aliphatic heterocycles. The van der Waals surface area contributed by atoms with Crippen molar-refractivity contribution >= 4 is 5.69 Å². The predicted molar refractivity (Wildman–Crippen MR) is 135 cm³/mol. The lowest BCUT2D eigenvalue weighted by atomic mass is 9.97. The van der Waals surface area contributed by atoms with E-state index in [2.05, 4.69) is 97.6 Å². The number of hydrogen-bond donors (Lipinski definition) is 0. The maximum absolute atomic E-state index is 2.41. The van der Waals surface area contributed by atoms with E-state index in [-0.39, 0.29) is 0 Å². The second kappa shape index (κ2) is 16.4. The van der Waals surface area contributed by atoms with Gasteiger partial charge in [0.1, 0.15) is 0 Å². The lowest BCUT2D eigenvalue weighted by molar-refractivity contribution is 0.867. The summed E-state index contributed by atoms with van der Waals surface area (Å²) in [4.78, 5) is 2.41. The van der Waals surface area contributed by atoms with Gasteiger partial charge in [0.2, 0.25) is 0 Å². The van der Waals surface area contributed by atoms with Crippen molar-refractivity contribution in [1.82, 2.24) is 0 Å². The van der Waals surface area contributed by atoms with Gasteiger partial charge in [-0.1, -0.05) is 108 Å². The Kier molecular flexibility index (Phi) is 15.0. The van der Waals surface area contributed by atoms with Crippen LogP contribution in [0.1, 0.15) is 55.4 Å². The maximum Gasteiger partial charge on any atom is 0.0446 e. The van der Waals surface area contributed by atoms with Gasteiger partial charge < -0.3 is 4.90 Å². The summed E-state index contributed by atoms with van der Waals surface area (Å²) < 4.78 is 0. The van der Waals surface area contributed by atoms with E-state index in [1.165, 1.54) is 27.9 Å². The average Bonchev–Trinajstić information content (AvgIpc) is 2.85. The van der Waals surface area contributed by atoms with Crippen LogP contribution in [0.15, 0.2) is 78.9 Å². The van der Waals surface area contributed by atoms with E-state index < -0.39 is 0 Å². The zero-order chi connectivity index (χ0) is 22.1. The van der Waals surface area contributed by atoms with Crippen molar-refractivity contribution in [3.63, 3.8) is 0 Å². The molecule has 0 radical (unpaired) electrons. The summed E-state index contributed by atoms with van der Waals surface area (Å²) in [5, 5.41) is 0. The zero-order valence-corrected chi connectivity index (χ0v) is 19.9. The second-order valence-corrected chi connectivity index (χ2v) is 5.64. The molecule has 0 unspecified atom stereocenters. The van der Waals surface area contributed by atoms with Crippen LogP contribution in [-0.4, -0.2) is 13.1 Å². The Balaban J connectivity index is 0.00000120. The topological polar surface area (TPSA) is 3.24 Å². The van der Waals surface area contributed by atoms with Gasteiger partial charge in [0, 0.05) is 24.3 Å². The van der Waals surface area contributed by atoms with Gasteiger partial charge in [0.05, 0.1) is 0 Å². The van der Waals surface area contributed by atoms with E-state index in [1.54, 1.807) is 0 Å². The van der Waals surface area contributed by atoms with Crippen LogP contribution in [0.3, 0.4) is 0 Å². The van der Waals surface area contributed by atoms with E-state index in [4.69, 9.17) is 0 Å². The highest BCUT2D eigenvalue weighted by Crippen LogP contribution is 2.34. The Morgan fingerprint density at radius 2 is 0.966 bits per heavy atom. The van der Waals surface area contributed by atoms with Crippen molar-refractivity contribution in [2.45, 2.75) is 55.4 Å². The summed E-state index contributed by atoms with van der Waals surface area (Å²) in [5.74, 6) is 0. The van der Waals surface area contributed by atoms with Crippen molar-refractivity contribution in [1.29, 1.82) is 0 Å². The van der Waals surface area contributed by atoms with Gasteiger partial charge in [0.25, 0.3) is 0 Å². The Morgan fingerprint density at radius 1 is 0.517 bits per heavy atom. The highest BCUT2D eigenvalue weighted by atomic mass is 15.1. The summed E-state index contributed by atoms with van der Waals surface area (Å²) in [5.41, 5.74) is 6.40. The van der Waals surface area contributed by atoms with Gasteiger partial charge in [-0.3, -0.25) is 0 Å². The average molecular weight is 392 g/mol. The first-order chi connectivity index (χ1) is 14.3. The third-order valence-electron chi connectivity index (χ3n) is 4.29. The van der Waals surface area contributed by atoms with E-state index in [0.717, 1.165) is 13.1 Å². The first-order valence-corrected chi connectivity index (χ1v) is 11.3. The predicted octanol–water partition coefficient (Wildman–Crippen LogP) is 8.95. The summed E-state index contributed by atoms with van der Waals surface area (Å²) in [6.45, 7) is 18.5. The second-order valence-electron chi connectivity index (χ2n) is 5.64. The molecule has 0 saturated carbocycles. The molecule has 29 heavy (non-hydrogen) atoms. The van der Waals surface area contributed by atoms with Crippen LogP contribution in [0.4, 0.5) is 5.69 Å². The van der Waals surface area contributed by atoms with Crippen LogP contribution >= 0.6 is 0 Å². The van der Waals surface area contributed by atoms with Gasteiger partial charge in [-0.2, -0.15) is 0 Å². The molecule has 158 valence electrons. The van der Waals surface area contributed by atoms with Gasteiger partial charge in [-0.05, 0) is 42.7 Å². The third-order valence-corrected chi connectivity index (χ3v) is 4.29. The molecule has 0 aliphatic carbocycles. The monoisotopic (exact) mass is 391 g/mol. The van der Waals surface area contributed by atoms with Crippen LogP contribution in [0.2, 0.25) is 0 Å². The van der Waals surface area contributed by atoms with E-state index in [1.807, 2.05) is 41.5 Å². The van der Waals surface area contributed by atoms with E-state index in [9.17, 15) is 0 Å². The van der Waals surface area contributed by atoms with Crippen LogP contribution in [-0.2, 0) is 0 Å². The first kappa shape index (κ1) is 26.5. The molecule has 0 aliphatic rings. The largest absolute Gasteiger partial charge is 0.372 e. The lowest BCUT2D eigenvalue weighted by Crippen LogP contribution is -2.22. The summed E-state index contributed by atoms with van der Waals surface area (Å²) in [6.07, 6.45) is 0. The van der Waals surface area contributed by atoms with Gasteiger partial charge >= 0.3 is 0 Å². The Hall–Kier alpha value is -2.54. The van der Waals surface area contributed by atoms with Gasteiger partial charge in [0.15, 0.2) is 0 Å². The Bertz CT molecular complexity index is 744. The van der Waals surface area contributed by atoms with Crippen molar-refractivity contribution in [3.8, 4) is 22.3 Å². The smallest absolute Gasteiger partial charge is 0.0446 e. The molecule has 0 aromatic heterocycles. The standard InChI is InChI=1S/C22H23N.3C2H6/c1-3-23(4-2)22-16-15-20(18-11-7-5-8-12-18)17-21(22)19-13-9-6-10-14-19;3*1-2/h5-17H,3-4H2,1-2H3;3*1-2H3. The number of hydrogen-bond acceptors (Lipinski definition) is 1. The molecule has 0 bridgehead atoms. The normalized spacial score (nSPS) is 8.97. The van der Waals surface area contributed by atoms with Crippen LogP contribution in [0.5, 0.6) is 0 Å². The lowest BCUT2D eigenvalue weighted by Gasteiger charge is -2.25. The molecule has 3 aromatic rings. The van der Waals surface area contributed by atoms with E-state index in [0.29, 0.717) is 0 Å². The molecular formula is C28H41N. The molecule has 0 saturated heterocycles. The summed E-state index contributed by atoms with van der Waals surface area (Å²) in [7, 11) is 0. The first-order valence-electron chi connectivity index (χ1n) is 11.3. The van der Waals surface area contributed by atoms with Gasteiger partial charge in [-0.15, -0.1) is 0 Å². The molecule has 0 fully saturated rings. The fraction of sp³-hybridized carbons (Fsp3) is 0.357. The molecule has 0 amide bonds.